The zero-order chi connectivity index (χ0) is 37.7. The fourth-order valence-electron chi connectivity index (χ4n) is 7.26. The number of hydrogen-bond acceptors (Lipinski definition) is 2. The summed E-state index contributed by atoms with van der Waals surface area (Å²) in [5.74, 6) is 7.98. The van der Waals surface area contributed by atoms with Gasteiger partial charge in [-0.1, -0.05) is 158 Å². The highest BCUT2D eigenvalue weighted by Gasteiger charge is 2.22. The summed E-state index contributed by atoms with van der Waals surface area (Å²) in [4.78, 5) is 20.0. The second-order valence-corrected chi connectivity index (χ2v) is 13.6. The molecule has 4 nitrogen and oxygen atoms in total. The van der Waals surface area contributed by atoms with Gasteiger partial charge in [0.15, 0.2) is 11.7 Å². The van der Waals surface area contributed by atoms with Gasteiger partial charge in [0.05, 0.1) is 18.8 Å². The maximum atomic E-state index is 5.29. The van der Waals surface area contributed by atoms with Crippen molar-refractivity contribution in [1.29, 1.82) is 0 Å². The first-order valence-electron chi connectivity index (χ1n) is 19.3. The van der Waals surface area contributed by atoms with Crippen molar-refractivity contribution in [3.8, 4) is 23.0 Å². The van der Waals surface area contributed by atoms with Crippen molar-refractivity contribution in [2.75, 3.05) is 13.1 Å². The molecule has 0 heterocycles. The van der Waals surface area contributed by atoms with E-state index < -0.39 is 0 Å². The SMILES string of the molecule is C=N/C(=N\C(=N/CC1=CCCC=C1)c1ccccc1)C1=C(c2cccc(-c3ccccc3/C(=N/CC3=CCCC=C3)c3ccccc3)c2C#CC)CCC=C1. The molecule has 0 bridgehead atoms. The number of aliphatic imine (C=N–C) groups is 4. The van der Waals surface area contributed by atoms with Gasteiger partial charge in [-0.05, 0) is 85.6 Å². The van der Waals surface area contributed by atoms with E-state index in [0.29, 0.717) is 24.8 Å². The van der Waals surface area contributed by atoms with E-state index in [0.717, 1.165) is 94.3 Å². The van der Waals surface area contributed by atoms with Crippen LogP contribution in [-0.2, 0) is 0 Å². The number of benzene rings is 4. The Morgan fingerprint density at radius 2 is 1.22 bits per heavy atom. The lowest BCUT2D eigenvalue weighted by Gasteiger charge is -2.21. The summed E-state index contributed by atoms with van der Waals surface area (Å²) in [6.45, 7) is 7.10. The van der Waals surface area contributed by atoms with E-state index in [-0.39, 0.29) is 0 Å². The summed E-state index contributed by atoms with van der Waals surface area (Å²) >= 11 is 0. The molecule has 0 unspecified atom stereocenters. The van der Waals surface area contributed by atoms with Gasteiger partial charge >= 0.3 is 0 Å². The van der Waals surface area contributed by atoms with Crippen molar-refractivity contribution in [2.24, 2.45) is 20.0 Å². The largest absolute Gasteiger partial charge is 0.279 e. The van der Waals surface area contributed by atoms with Crippen LogP contribution in [0, 0.1) is 11.8 Å². The standard InChI is InChI=1S/C51H46N4/c1-3-21-42-43(45-30-16-18-32-47(45)49(40-26-12-6-13-27-40)53-36-38-22-8-4-9-23-38)34-20-35-44(42)46-31-17-19-33-48(46)51(52-2)55-50(41-28-14-7-15-29-41)54-37-39-24-10-5-11-25-39/h6-8,10,12-16,18-20,22-30,32-35H,2,4-5,9,11,17,31,36-37H2,1H3/b53-49+,54-50-,55-51-. The van der Waals surface area contributed by atoms with E-state index in [4.69, 9.17) is 15.0 Å². The minimum Gasteiger partial charge on any atom is -0.279 e. The number of amidine groups is 2. The molecule has 270 valence electrons. The number of allylic oxidation sites excluding steroid dienone is 6. The molecule has 0 saturated heterocycles. The van der Waals surface area contributed by atoms with Gasteiger partial charge in [0.1, 0.15) is 0 Å². The van der Waals surface area contributed by atoms with Crippen LogP contribution < -0.4 is 0 Å². The highest BCUT2D eigenvalue weighted by molar-refractivity contribution is 6.18. The van der Waals surface area contributed by atoms with Gasteiger partial charge in [0.2, 0.25) is 0 Å². The molecule has 4 heteroatoms. The van der Waals surface area contributed by atoms with Gasteiger partial charge in [0.25, 0.3) is 0 Å². The maximum absolute atomic E-state index is 5.29. The molecule has 3 aliphatic carbocycles. The van der Waals surface area contributed by atoms with Crippen LogP contribution in [0.2, 0.25) is 0 Å². The Labute approximate surface area is 326 Å². The third kappa shape index (κ3) is 9.03. The van der Waals surface area contributed by atoms with Crippen LogP contribution >= 0.6 is 0 Å². The van der Waals surface area contributed by atoms with Crippen LogP contribution in [0.4, 0.5) is 0 Å². The van der Waals surface area contributed by atoms with Crippen molar-refractivity contribution < 1.29 is 0 Å². The van der Waals surface area contributed by atoms with E-state index >= 15 is 0 Å². The molecule has 3 aliphatic rings. The summed E-state index contributed by atoms with van der Waals surface area (Å²) in [6.07, 6.45) is 23.7. The Kier molecular flexibility index (Phi) is 12.4. The van der Waals surface area contributed by atoms with Gasteiger partial charge in [-0.3, -0.25) is 9.98 Å². The fraction of sp³-hybridized carbons (Fsp3) is 0.176. The summed E-state index contributed by atoms with van der Waals surface area (Å²) in [5, 5.41) is 0. The quantitative estimate of drug-likeness (QED) is 0.0892. The Hall–Kier alpha value is -6.44. The van der Waals surface area contributed by atoms with Crippen LogP contribution in [-0.4, -0.2) is 37.2 Å². The van der Waals surface area contributed by atoms with Gasteiger partial charge in [0, 0.05) is 27.8 Å². The third-order valence-electron chi connectivity index (χ3n) is 9.94. The molecule has 0 radical (unpaired) electrons. The molecular weight excluding hydrogens is 669 g/mol. The van der Waals surface area contributed by atoms with Crippen molar-refractivity contribution in [2.45, 2.75) is 45.4 Å². The zero-order valence-corrected chi connectivity index (χ0v) is 31.6. The topological polar surface area (TPSA) is 49.4 Å². The molecule has 0 N–H and O–H groups in total. The highest BCUT2D eigenvalue weighted by atomic mass is 15.0. The van der Waals surface area contributed by atoms with Crippen molar-refractivity contribution in [3.05, 3.63) is 196 Å². The Morgan fingerprint density at radius 3 is 1.89 bits per heavy atom. The molecule has 0 saturated carbocycles. The molecule has 0 fully saturated rings. The number of rotatable bonds is 10. The third-order valence-corrected chi connectivity index (χ3v) is 9.94. The van der Waals surface area contributed by atoms with E-state index in [1.807, 2.05) is 37.3 Å². The van der Waals surface area contributed by atoms with Crippen molar-refractivity contribution in [1.82, 2.24) is 0 Å². The van der Waals surface area contributed by atoms with Crippen molar-refractivity contribution >= 4 is 29.7 Å². The average Bonchev–Trinajstić information content (AvgIpc) is 3.26. The molecular formula is C51H46N4. The van der Waals surface area contributed by atoms with E-state index in [1.54, 1.807) is 0 Å². The van der Waals surface area contributed by atoms with Crippen LogP contribution in [0.25, 0.3) is 16.7 Å². The maximum Gasteiger partial charge on any atom is 0.161 e. The average molecular weight is 715 g/mol. The Balaban J connectivity index is 1.36. The summed E-state index contributed by atoms with van der Waals surface area (Å²) < 4.78 is 0. The first-order chi connectivity index (χ1) is 27.2. The Bertz CT molecular complexity index is 2380. The first kappa shape index (κ1) is 36.9. The lowest BCUT2D eigenvalue weighted by Crippen LogP contribution is -2.10. The summed E-state index contributed by atoms with van der Waals surface area (Å²) in [6, 6.07) is 35.7. The minimum absolute atomic E-state index is 0.549. The van der Waals surface area contributed by atoms with Gasteiger partial charge in [-0.25, -0.2) is 9.98 Å². The van der Waals surface area contributed by atoms with E-state index in [2.05, 4.69) is 145 Å². The summed E-state index contributed by atoms with van der Waals surface area (Å²) in [5.41, 5.74) is 12.8. The molecule has 4 aromatic rings. The van der Waals surface area contributed by atoms with E-state index in [1.165, 1.54) is 11.1 Å². The Morgan fingerprint density at radius 1 is 0.600 bits per heavy atom. The lowest BCUT2D eigenvalue weighted by molar-refractivity contribution is 0.994. The first-order valence-corrected chi connectivity index (χ1v) is 19.3. The van der Waals surface area contributed by atoms with Crippen molar-refractivity contribution in [3.63, 3.8) is 0 Å². The molecule has 0 atom stereocenters. The van der Waals surface area contributed by atoms with Gasteiger partial charge in [-0.15, -0.1) is 5.92 Å². The molecule has 0 aromatic heterocycles. The van der Waals surface area contributed by atoms with Crippen LogP contribution in [0.3, 0.4) is 0 Å². The smallest absolute Gasteiger partial charge is 0.161 e. The predicted molar refractivity (Wildman–Crippen MR) is 234 cm³/mol. The zero-order valence-electron chi connectivity index (χ0n) is 31.6. The number of nitrogens with zero attached hydrogens (tertiary/aromatic N) is 4. The molecule has 0 spiro atoms. The second kappa shape index (κ2) is 18.5. The molecule has 55 heavy (non-hydrogen) atoms. The molecule has 0 amide bonds. The molecule has 0 aliphatic heterocycles. The molecule has 7 rings (SSSR count). The predicted octanol–water partition coefficient (Wildman–Crippen LogP) is 11.8. The van der Waals surface area contributed by atoms with Crippen LogP contribution in [0.5, 0.6) is 0 Å². The van der Waals surface area contributed by atoms with Gasteiger partial charge < -0.3 is 0 Å². The second-order valence-electron chi connectivity index (χ2n) is 13.6. The van der Waals surface area contributed by atoms with Gasteiger partial charge in [-0.2, -0.15) is 0 Å². The fourth-order valence-corrected chi connectivity index (χ4v) is 7.26. The normalized spacial score (nSPS) is 16.0. The lowest BCUT2D eigenvalue weighted by atomic mass is 9.84. The van der Waals surface area contributed by atoms with Crippen LogP contribution in [0.1, 0.15) is 73.3 Å². The molecule has 4 aromatic carbocycles. The van der Waals surface area contributed by atoms with E-state index in [9.17, 15) is 0 Å². The minimum atomic E-state index is 0.549. The number of hydrogen-bond donors (Lipinski definition) is 0. The monoisotopic (exact) mass is 714 g/mol. The summed E-state index contributed by atoms with van der Waals surface area (Å²) in [7, 11) is 0. The highest BCUT2D eigenvalue weighted by Crippen LogP contribution is 2.37. The van der Waals surface area contributed by atoms with Crippen LogP contribution in [0.15, 0.2) is 188 Å².